The van der Waals surface area contributed by atoms with Gasteiger partial charge in [-0.3, -0.25) is 9.69 Å². The van der Waals surface area contributed by atoms with Crippen LogP contribution < -0.4 is 0 Å². The first-order valence-electron chi connectivity index (χ1n) is 10.6. The molecular formula is C22H31NO3. The summed E-state index contributed by atoms with van der Waals surface area (Å²) in [6.45, 7) is 10.9. The first-order valence-corrected chi connectivity index (χ1v) is 10.6. The largest absolute Gasteiger partial charge is 0.392 e. The van der Waals surface area contributed by atoms with Crippen molar-refractivity contribution in [2.45, 2.75) is 64.2 Å². The van der Waals surface area contributed by atoms with Gasteiger partial charge >= 0.3 is 0 Å². The lowest BCUT2D eigenvalue weighted by Gasteiger charge is -2.65. The predicted molar refractivity (Wildman–Crippen MR) is 97.2 cm³/mol. The van der Waals surface area contributed by atoms with Crippen molar-refractivity contribution in [1.82, 2.24) is 4.90 Å². The van der Waals surface area contributed by atoms with Crippen LogP contribution in [0.1, 0.15) is 46.0 Å². The second-order valence-electron chi connectivity index (χ2n) is 10.7. The Morgan fingerprint density at radius 1 is 1.31 bits per heavy atom. The predicted octanol–water partition coefficient (Wildman–Crippen LogP) is 2.00. The van der Waals surface area contributed by atoms with Crippen molar-refractivity contribution in [3.8, 4) is 0 Å². The number of likely N-dealkylation sites (tertiary alicyclic amines) is 1. The molecule has 26 heavy (non-hydrogen) atoms. The summed E-state index contributed by atoms with van der Waals surface area (Å²) in [6.07, 6.45) is 3.50. The fourth-order valence-electron chi connectivity index (χ4n) is 9.75. The van der Waals surface area contributed by atoms with E-state index >= 15 is 0 Å². The van der Waals surface area contributed by atoms with E-state index < -0.39 is 6.10 Å². The number of hydrogen-bond donors (Lipinski definition) is 2. The zero-order valence-electron chi connectivity index (χ0n) is 15.9. The highest BCUT2D eigenvalue weighted by atomic mass is 16.3. The van der Waals surface area contributed by atoms with Gasteiger partial charge in [0, 0.05) is 35.8 Å². The highest BCUT2D eigenvalue weighted by Gasteiger charge is 2.85. The minimum atomic E-state index is -0.561. The van der Waals surface area contributed by atoms with E-state index in [1.807, 2.05) is 0 Å². The van der Waals surface area contributed by atoms with Crippen LogP contribution in [0.25, 0.3) is 0 Å². The van der Waals surface area contributed by atoms with Crippen LogP contribution in [0.4, 0.5) is 0 Å². The van der Waals surface area contributed by atoms with Crippen LogP contribution in [0.15, 0.2) is 12.2 Å². The van der Waals surface area contributed by atoms with Crippen LogP contribution in [0.5, 0.6) is 0 Å². The number of aliphatic hydroxyl groups is 2. The van der Waals surface area contributed by atoms with E-state index in [0.29, 0.717) is 24.3 Å². The maximum absolute atomic E-state index is 13.0. The standard InChI is InChI=1S/C22H31NO3/c1-4-23-10-20(3)6-5-17(25)22-15(20)7-13(18(22)23)21-9-12(11(2)19(21)26)14(24)8-16(21)22/h12-13,15-19,25-26H,2,4-10H2,1,3H3/t12-,13-,15+,16+,17-,18+,19+,20-,21+,22-/m0/s1. The molecule has 0 aromatic rings. The topological polar surface area (TPSA) is 60.8 Å². The lowest BCUT2D eigenvalue weighted by molar-refractivity contribution is -0.211. The molecular weight excluding hydrogens is 326 g/mol. The minimum Gasteiger partial charge on any atom is -0.392 e. The molecule has 0 unspecified atom stereocenters. The van der Waals surface area contributed by atoms with Crippen molar-refractivity contribution in [2.24, 2.45) is 39.9 Å². The second kappa shape index (κ2) is 4.47. The van der Waals surface area contributed by atoms with Gasteiger partial charge in [-0.1, -0.05) is 20.4 Å². The van der Waals surface area contributed by atoms with Gasteiger partial charge in [0.1, 0.15) is 5.78 Å². The summed E-state index contributed by atoms with van der Waals surface area (Å²) >= 11 is 0. The Morgan fingerprint density at radius 2 is 2.08 bits per heavy atom. The Morgan fingerprint density at radius 3 is 2.81 bits per heavy atom. The van der Waals surface area contributed by atoms with E-state index in [1.54, 1.807) is 0 Å². The average molecular weight is 357 g/mol. The van der Waals surface area contributed by atoms with Crippen molar-refractivity contribution in [3.63, 3.8) is 0 Å². The van der Waals surface area contributed by atoms with Crippen molar-refractivity contribution in [3.05, 3.63) is 12.2 Å². The van der Waals surface area contributed by atoms with Crippen LogP contribution in [0, 0.1) is 39.9 Å². The fraction of sp³-hybridized carbons (Fsp3) is 0.864. The Bertz CT molecular complexity index is 735. The highest BCUT2D eigenvalue weighted by Crippen LogP contribution is 2.83. The summed E-state index contributed by atoms with van der Waals surface area (Å²) in [4.78, 5) is 15.6. The third-order valence-electron chi connectivity index (χ3n) is 10.4. The van der Waals surface area contributed by atoms with E-state index in [1.165, 1.54) is 0 Å². The summed E-state index contributed by atoms with van der Waals surface area (Å²) < 4.78 is 0. The van der Waals surface area contributed by atoms with E-state index in [2.05, 4.69) is 25.3 Å². The maximum Gasteiger partial charge on any atom is 0.140 e. The van der Waals surface area contributed by atoms with E-state index in [-0.39, 0.29) is 40.0 Å². The molecule has 2 N–H and O–H groups in total. The lowest BCUT2D eigenvalue weighted by atomic mass is 9.43. The molecule has 0 aromatic heterocycles. The SMILES string of the molecule is C=C1[C@@H]2C[C@]3([C@@H]1O)[C@@H](CC2=O)[C@]12[C@@H]4C[C@H]3[C@H]1N(CC)C[C@]4(C)CC[C@@H]2O. The summed E-state index contributed by atoms with van der Waals surface area (Å²) in [5, 5.41) is 22.8. The molecule has 5 saturated carbocycles. The molecule has 142 valence electrons. The van der Waals surface area contributed by atoms with E-state index in [0.717, 1.165) is 44.3 Å². The van der Waals surface area contributed by atoms with Gasteiger partial charge in [0.2, 0.25) is 0 Å². The molecule has 0 aromatic carbocycles. The Kier molecular flexibility index (Phi) is 2.80. The minimum absolute atomic E-state index is 0.130. The number of piperidine rings is 1. The normalized spacial score (nSPS) is 62.7. The highest BCUT2D eigenvalue weighted by molar-refractivity contribution is 5.87. The third kappa shape index (κ3) is 1.33. The summed E-state index contributed by atoms with van der Waals surface area (Å²) in [5.74, 6) is 1.16. The van der Waals surface area contributed by atoms with Crippen molar-refractivity contribution in [1.29, 1.82) is 0 Å². The lowest BCUT2D eigenvalue weighted by Crippen LogP contribution is -2.68. The molecule has 2 spiro atoms. The van der Waals surface area contributed by atoms with Crippen LogP contribution in [0.2, 0.25) is 0 Å². The molecule has 4 heteroatoms. The number of carbonyl (C=O) groups excluding carboxylic acids is 1. The third-order valence-corrected chi connectivity index (χ3v) is 10.4. The Balaban J connectivity index is 1.62. The second-order valence-corrected chi connectivity index (χ2v) is 10.7. The smallest absolute Gasteiger partial charge is 0.140 e. The average Bonchev–Trinajstić information content (AvgIpc) is 3.14. The number of carbonyl (C=O) groups is 1. The monoisotopic (exact) mass is 357 g/mol. The number of hydrogen-bond acceptors (Lipinski definition) is 4. The molecule has 4 nitrogen and oxygen atoms in total. The zero-order chi connectivity index (χ0) is 18.2. The summed E-state index contributed by atoms with van der Waals surface area (Å²) in [5.41, 5.74) is 0.598. The molecule has 5 aliphatic carbocycles. The maximum atomic E-state index is 13.0. The van der Waals surface area contributed by atoms with Gasteiger partial charge in [0.05, 0.1) is 12.2 Å². The summed E-state index contributed by atoms with van der Waals surface area (Å²) in [7, 11) is 0. The molecule has 6 rings (SSSR count). The van der Waals surface area contributed by atoms with Crippen LogP contribution in [-0.4, -0.2) is 52.2 Å². The number of Topliss-reactive ketones (excluding diaryl/α,β-unsaturated/α-hetero) is 1. The summed E-state index contributed by atoms with van der Waals surface area (Å²) in [6, 6.07) is 0.331. The quantitative estimate of drug-likeness (QED) is 0.705. The Labute approximate surface area is 155 Å². The number of nitrogens with zero attached hydrogens (tertiary/aromatic N) is 1. The van der Waals surface area contributed by atoms with Crippen LogP contribution in [-0.2, 0) is 4.79 Å². The van der Waals surface area contributed by atoms with E-state index in [4.69, 9.17) is 0 Å². The molecule has 6 fully saturated rings. The van der Waals surface area contributed by atoms with Gasteiger partial charge in [-0.15, -0.1) is 0 Å². The molecule has 0 radical (unpaired) electrons. The van der Waals surface area contributed by atoms with Crippen molar-refractivity contribution < 1.29 is 15.0 Å². The first-order chi connectivity index (χ1) is 12.3. The van der Waals surface area contributed by atoms with Gasteiger partial charge in [0.15, 0.2) is 0 Å². The van der Waals surface area contributed by atoms with E-state index in [9.17, 15) is 15.0 Å². The van der Waals surface area contributed by atoms with Gasteiger partial charge < -0.3 is 10.2 Å². The van der Waals surface area contributed by atoms with Crippen LogP contribution in [0.3, 0.4) is 0 Å². The van der Waals surface area contributed by atoms with Gasteiger partial charge in [-0.2, -0.15) is 0 Å². The van der Waals surface area contributed by atoms with Crippen LogP contribution >= 0.6 is 0 Å². The fourth-order valence-corrected chi connectivity index (χ4v) is 9.75. The number of aliphatic hydroxyl groups excluding tert-OH is 2. The molecule has 1 heterocycles. The van der Waals surface area contributed by atoms with Gasteiger partial charge in [-0.25, -0.2) is 0 Å². The van der Waals surface area contributed by atoms with Crippen molar-refractivity contribution in [2.75, 3.05) is 13.1 Å². The molecule has 7 bridgehead atoms. The molecule has 0 amide bonds. The molecule has 1 saturated heterocycles. The van der Waals surface area contributed by atoms with Crippen molar-refractivity contribution >= 4 is 5.78 Å². The molecule has 6 aliphatic rings. The van der Waals surface area contributed by atoms with Gasteiger partial charge in [-0.05, 0) is 61.0 Å². The Hall–Kier alpha value is -0.710. The molecule has 10 atom stereocenters. The molecule has 1 aliphatic heterocycles. The first kappa shape index (κ1) is 16.3. The number of ketones is 1. The number of rotatable bonds is 1. The number of fused-ring (bicyclic) bond motifs is 1. The van der Waals surface area contributed by atoms with Gasteiger partial charge in [0.25, 0.3) is 0 Å². The zero-order valence-corrected chi connectivity index (χ0v) is 15.9.